The molecular weight excluding hydrogens is 430 g/mol. The highest BCUT2D eigenvalue weighted by Crippen LogP contribution is 2.26. The van der Waals surface area contributed by atoms with Gasteiger partial charge in [0.05, 0.1) is 12.2 Å². The molecule has 0 aliphatic carbocycles. The molecule has 3 aromatic rings. The number of carbonyl (C=O) groups is 2. The van der Waals surface area contributed by atoms with Gasteiger partial charge in [-0.3, -0.25) is 9.59 Å². The molecular formula is C18H20ClN7O3S. The molecule has 1 unspecified atom stereocenters. The smallest absolute Gasteiger partial charge is 0.272 e. The Labute approximate surface area is 181 Å². The normalized spacial score (nSPS) is 12.4. The van der Waals surface area contributed by atoms with E-state index in [1.807, 2.05) is 20.8 Å². The number of rotatable bonds is 5. The molecule has 0 spiro atoms. The first kappa shape index (κ1) is 21.7. The van der Waals surface area contributed by atoms with E-state index in [9.17, 15) is 9.59 Å². The van der Waals surface area contributed by atoms with Gasteiger partial charge in [-0.15, -0.1) is 11.3 Å². The zero-order chi connectivity index (χ0) is 22.1. The average molecular weight is 450 g/mol. The molecule has 3 aromatic heterocycles. The molecule has 10 nitrogen and oxygen atoms in total. The lowest BCUT2D eigenvalue weighted by atomic mass is 9.93. The summed E-state index contributed by atoms with van der Waals surface area (Å²) in [7, 11) is 0. The Hall–Kier alpha value is -3.05. The van der Waals surface area contributed by atoms with Crippen molar-refractivity contribution < 1.29 is 14.1 Å². The third-order valence-corrected chi connectivity index (χ3v) is 5.54. The van der Waals surface area contributed by atoms with Gasteiger partial charge < -0.3 is 20.9 Å². The monoisotopic (exact) mass is 449 g/mol. The molecule has 1 atom stereocenters. The fourth-order valence-corrected chi connectivity index (χ4v) is 3.33. The van der Waals surface area contributed by atoms with E-state index in [1.54, 1.807) is 13.0 Å². The Bertz CT molecular complexity index is 1090. The van der Waals surface area contributed by atoms with Crippen molar-refractivity contribution in [2.24, 2.45) is 0 Å². The van der Waals surface area contributed by atoms with Gasteiger partial charge in [0.25, 0.3) is 11.8 Å². The van der Waals surface area contributed by atoms with E-state index >= 15 is 0 Å². The standard InChI is InChI=1S/C18H20ClN7O3S/c1-8(24-16(28)13-12(19)14(20)23-7-22-13)17-21-6-9(30-17)15(27)25-11-5-10(29-26-11)18(2,3)4/h5-8H,1-4H3,(H,24,28)(H2,20,22,23)(H,25,26,27). The molecule has 30 heavy (non-hydrogen) atoms. The Morgan fingerprint density at radius 3 is 2.63 bits per heavy atom. The third kappa shape index (κ3) is 4.74. The van der Waals surface area contributed by atoms with Crippen molar-refractivity contribution in [1.29, 1.82) is 0 Å². The van der Waals surface area contributed by atoms with E-state index in [0.29, 0.717) is 21.5 Å². The Balaban J connectivity index is 1.66. The van der Waals surface area contributed by atoms with Crippen LogP contribution in [0.25, 0.3) is 0 Å². The molecule has 0 saturated heterocycles. The van der Waals surface area contributed by atoms with Gasteiger partial charge in [0, 0.05) is 11.5 Å². The second-order valence-electron chi connectivity index (χ2n) is 7.46. The van der Waals surface area contributed by atoms with Crippen LogP contribution in [0.2, 0.25) is 5.02 Å². The number of anilines is 2. The fraction of sp³-hybridized carbons (Fsp3) is 0.333. The SMILES string of the molecule is CC(NC(=O)c1ncnc(N)c1Cl)c1ncc(C(=O)Nc2cc(C(C)(C)C)on2)s1. The summed E-state index contributed by atoms with van der Waals surface area (Å²) in [6.07, 6.45) is 2.58. The molecule has 0 fully saturated rings. The molecule has 12 heteroatoms. The summed E-state index contributed by atoms with van der Waals surface area (Å²) in [4.78, 5) is 37.0. The van der Waals surface area contributed by atoms with Crippen LogP contribution >= 0.6 is 22.9 Å². The van der Waals surface area contributed by atoms with E-state index in [4.69, 9.17) is 21.9 Å². The van der Waals surface area contributed by atoms with Crippen LogP contribution in [0.15, 0.2) is 23.1 Å². The number of amides is 2. The molecule has 0 aromatic carbocycles. The van der Waals surface area contributed by atoms with Gasteiger partial charge in [-0.1, -0.05) is 37.5 Å². The van der Waals surface area contributed by atoms with Crippen molar-refractivity contribution in [2.75, 3.05) is 11.1 Å². The first-order chi connectivity index (χ1) is 14.1. The number of nitrogens with one attached hydrogen (secondary N) is 2. The maximum Gasteiger partial charge on any atom is 0.272 e. The summed E-state index contributed by atoms with van der Waals surface area (Å²) in [6, 6.07) is 1.19. The van der Waals surface area contributed by atoms with E-state index < -0.39 is 11.9 Å². The van der Waals surface area contributed by atoms with E-state index in [1.165, 1.54) is 6.20 Å². The van der Waals surface area contributed by atoms with Crippen LogP contribution in [0.3, 0.4) is 0 Å². The predicted octanol–water partition coefficient (Wildman–Crippen LogP) is 3.20. The molecule has 158 valence electrons. The van der Waals surface area contributed by atoms with Gasteiger partial charge in [0.2, 0.25) is 0 Å². The molecule has 3 heterocycles. The summed E-state index contributed by atoms with van der Waals surface area (Å²) in [5.41, 5.74) is 5.34. The first-order valence-corrected chi connectivity index (χ1v) is 10.1. The highest BCUT2D eigenvalue weighted by atomic mass is 35.5. The van der Waals surface area contributed by atoms with Gasteiger partial charge >= 0.3 is 0 Å². The van der Waals surface area contributed by atoms with E-state index in [-0.39, 0.29) is 27.9 Å². The molecule has 0 aliphatic rings. The number of thiazole rings is 1. The summed E-state index contributed by atoms with van der Waals surface area (Å²) < 4.78 is 5.26. The molecule has 4 N–H and O–H groups in total. The van der Waals surface area contributed by atoms with Gasteiger partial charge in [0.1, 0.15) is 32.8 Å². The number of aromatic nitrogens is 4. The lowest BCUT2D eigenvalue weighted by Crippen LogP contribution is -2.28. The van der Waals surface area contributed by atoms with Crippen molar-refractivity contribution >= 4 is 46.4 Å². The number of hydrogen-bond donors (Lipinski definition) is 3. The van der Waals surface area contributed by atoms with Crippen LogP contribution in [-0.2, 0) is 5.41 Å². The van der Waals surface area contributed by atoms with Crippen LogP contribution in [0, 0.1) is 0 Å². The van der Waals surface area contributed by atoms with Gasteiger partial charge in [0.15, 0.2) is 11.5 Å². The van der Waals surface area contributed by atoms with Crippen LogP contribution in [0.1, 0.15) is 64.7 Å². The van der Waals surface area contributed by atoms with Crippen molar-refractivity contribution in [3.63, 3.8) is 0 Å². The Morgan fingerprint density at radius 2 is 1.97 bits per heavy atom. The van der Waals surface area contributed by atoms with Crippen molar-refractivity contribution in [3.05, 3.63) is 45.0 Å². The van der Waals surface area contributed by atoms with Gasteiger partial charge in [-0.25, -0.2) is 15.0 Å². The third-order valence-electron chi connectivity index (χ3n) is 3.99. The van der Waals surface area contributed by atoms with E-state index in [0.717, 1.165) is 17.7 Å². The molecule has 0 saturated carbocycles. The lowest BCUT2D eigenvalue weighted by molar-refractivity contribution is 0.0934. The van der Waals surface area contributed by atoms with Gasteiger partial charge in [-0.2, -0.15) is 0 Å². The summed E-state index contributed by atoms with van der Waals surface area (Å²) in [6.45, 7) is 7.66. The zero-order valence-corrected chi connectivity index (χ0v) is 18.3. The number of nitrogens with two attached hydrogens (primary N) is 1. The van der Waals surface area contributed by atoms with Crippen molar-refractivity contribution in [1.82, 2.24) is 25.4 Å². The molecule has 0 aliphatic heterocycles. The largest absolute Gasteiger partial charge is 0.382 e. The lowest BCUT2D eigenvalue weighted by Gasteiger charge is -2.12. The number of nitrogens with zero attached hydrogens (tertiary/aromatic N) is 4. The molecule has 2 amide bonds. The minimum Gasteiger partial charge on any atom is -0.382 e. The Kier molecular flexibility index (Phi) is 6.04. The summed E-state index contributed by atoms with van der Waals surface area (Å²) in [5.74, 6) is 0.0817. The second-order valence-corrected chi connectivity index (χ2v) is 8.90. The molecule has 0 radical (unpaired) electrons. The second kappa shape index (κ2) is 8.36. The van der Waals surface area contributed by atoms with Gasteiger partial charge in [-0.05, 0) is 6.92 Å². The first-order valence-electron chi connectivity index (χ1n) is 8.87. The minimum absolute atomic E-state index is 0.0140. The van der Waals surface area contributed by atoms with E-state index in [2.05, 4.69) is 30.7 Å². The van der Waals surface area contributed by atoms with Crippen LogP contribution in [0.4, 0.5) is 11.6 Å². The fourth-order valence-electron chi connectivity index (χ4n) is 2.33. The minimum atomic E-state index is -0.528. The molecule has 0 bridgehead atoms. The molecule has 3 rings (SSSR count). The maximum atomic E-state index is 12.5. The quantitative estimate of drug-likeness (QED) is 0.537. The highest BCUT2D eigenvalue weighted by Gasteiger charge is 2.23. The number of nitrogen functional groups attached to an aromatic ring is 1. The Morgan fingerprint density at radius 1 is 1.23 bits per heavy atom. The number of carbonyl (C=O) groups excluding carboxylic acids is 2. The maximum absolute atomic E-state index is 12.5. The zero-order valence-electron chi connectivity index (χ0n) is 16.7. The van der Waals surface area contributed by atoms with Crippen LogP contribution in [0.5, 0.6) is 0 Å². The van der Waals surface area contributed by atoms with Crippen LogP contribution < -0.4 is 16.4 Å². The number of hydrogen-bond acceptors (Lipinski definition) is 9. The van der Waals surface area contributed by atoms with Crippen LogP contribution in [-0.4, -0.2) is 31.9 Å². The highest BCUT2D eigenvalue weighted by molar-refractivity contribution is 7.13. The summed E-state index contributed by atoms with van der Waals surface area (Å²) in [5, 5.41) is 9.77. The number of halogens is 1. The predicted molar refractivity (Wildman–Crippen MR) is 113 cm³/mol. The summed E-state index contributed by atoms with van der Waals surface area (Å²) >= 11 is 7.12. The average Bonchev–Trinajstić information content (AvgIpc) is 3.33. The van der Waals surface area contributed by atoms with Crippen molar-refractivity contribution in [3.8, 4) is 0 Å². The topological polar surface area (TPSA) is 149 Å². The van der Waals surface area contributed by atoms with Crippen molar-refractivity contribution in [2.45, 2.75) is 39.2 Å².